The number of nitrogens with zero attached hydrogens (tertiary/aromatic N) is 2. The van der Waals surface area contributed by atoms with Crippen LogP contribution in [0.4, 0.5) is 4.39 Å². The van der Waals surface area contributed by atoms with Crippen LogP contribution in [0, 0.1) is 23.1 Å². The molecule has 1 aliphatic rings. The molecule has 0 bridgehead atoms. The summed E-state index contributed by atoms with van der Waals surface area (Å²) in [4.78, 5) is 4.11. The van der Waals surface area contributed by atoms with Gasteiger partial charge in [-0.3, -0.25) is 4.99 Å². The van der Waals surface area contributed by atoms with Crippen molar-refractivity contribution in [2.75, 3.05) is 40.0 Å². The Labute approximate surface area is 171 Å². The van der Waals surface area contributed by atoms with E-state index < -0.39 is 0 Å². The van der Waals surface area contributed by atoms with Gasteiger partial charge in [0.1, 0.15) is 5.82 Å². The van der Waals surface area contributed by atoms with Gasteiger partial charge in [0, 0.05) is 44.8 Å². The van der Waals surface area contributed by atoms with Crippen LogP contribution in [0.25, 0.3) is 0 Å². The zero-order valence-corrected chi connectivity index (χ0v) is 17.3. The number of nitrogens with one attached hydrogen (secondary N) is 2. The fourth-order valence-electron chi connectivity index (χ4n) is 2.53. The van der Waals surface area contributed by atoms with Crippen molar-refractivity contribution in [1.29, 1.82) is 5.26 Å². The van der Waals surface area contributed by atoms with E-state index in [0.29, 0.717) is 36.2 Å². The third-order valence-corrected chi connectivity index (χ3v) is 3.98. The maximum Gasteiger partial charge on any atom is 0.191 e. The third-order valence-electron chi connectivity index (χ3n) is 3.98. The third kappa shape index (κ3) is 7.85. The molecule has 0 saturated carbocycles. The summed E-state index contributed by atoms with van der Waals surface area (Å²) in [6, 6.07) is 6.31. The lowest BCUT2D eigenvalue weighted by Crippen LogP contribution is -2.37. The number of benzene rings is 1. The summed E-state index contributed by atoms with van der Waals surface area (Å²) in [6.07, 6.45) is 1.94. The second kappa shape index (κ2) is 12.8. The molecule has 1 heterocycles. The minimum atomic E-state index is -0.341. The summed E-state index contributed by atoms with van der Waals surface area (Å²) in [5, 5.41) is 15.1. The zero-order valence-electron chi connectivity index (χ0n) is 15.0. The van der Waals surface area contributed by atoms with Gasteiger partial charge < -0.3 is 20.1 Å². The van der Waals surface area contributed by atoms with E-state index in [2.05, 4.69) is 15.6 Å². The van der Waals surface area contributed by atoms with Gasteiger partial charge in [0.25, 0.3) is 0 Å². The number of hydrogen-bond donors (Lipinski definition) is 2. The SMILES string of the molecule is CN=C(NCCCOCC1CCOC1)NCc1cc(C#N)ccc1F.I. The van der Waals surface area contributed by atoms with E-state index in [1.165, 1.54) is 18.2 Å². The van der Waals surface area contributed by atoms with E-state index in [1.807, 2.05) is 6.07 Å². The van der Waals surface area contributed by atoms with Crippen molar-refractivity contribution in [3.63, 3.8) is 0 Å². The van der Waals surface area contributed by atoms with Crippen LogP contribution in [0.15, 0.2) is 23.2 Å². The smallest absolute Gasteiger partial charge is 0.191 e. The number of rotatable bonds is 8. The van der Waals surface area contributed by atoms with Crippen molar-refractivity contribution >= 4 is 29.9 Å². The quantitative estimate of drug-likeness (QED) is 0.261. The normalized spacial score (nSPS) is 16.7. The lowest BCUT2D eigenvalue weighted by Gasteiger charge is -2.13. The molecule has 1 aromatic rings. The molecule has 0 aliphatic carbocycles. The molecule has 1 unspecified atom stereocenters. The number of guanidine groups is 1. The summed E-state index contributed by atoms with van der Waals surface area (Å²) in [7, 11) is 1.66. The Morgan fingerprint density at radius 2 is 2.31 bits per heavy atom. The fraction of sp³-hybridized carbons (Fsp3) is 0.556. The Balaban J connectivity index is 0.00000338. The first-order valence-electron chi connectivity index (χ1n) is 8.51. The summed E-state index contributed by atoms with van der Waals surface area (Å²) in [5.41, 5.74) is 0.870. The van der Waals surface area contributed by atoms with Crippen molar-refractivity contribution in [2.45, 2.75) is 19.4 Å². The van der Waals surface area contributed by atoms with Gasteiger partial charge in [-0.2, -0.15) is 5.26 Å². The van der Waals surface area contributed by atoms with Gasteiger partial charge in [-0.15, -0.1) is 24.0 Å². The highest BCUT2D eigenvalue weighted by atomic mass is 127. The molecule has 2 rings (SSSR count). The highest BCUT2D eigenvalue weighted by Crippen LogP contribution is 2.12. The lowest BCUT2D eigenvalue weighted by atomic mass is 10.1. The summed E-state index contributed by atoms with van der Waals surface area (Å²) in [6.45, 7) is 4.05. The predicted molar refractivity (Wildman–Crippen MR) is 109 cm³/mol. The van der Waals surface area contributed by atoms with Gasteiger partial charge in [0.15, 0.2) is 5.96 Å². The fourth-order valence-corrected chi connectivity index (χ4v) is 2.53. The van der Waals surface area contributed by atoms with Crippen molar-refractivity contribution in [1.82, 2.24) is 10.6 Å². The molecule has 2 N–H and O–H groups in total. The number of aliphatic imine (C=N–C) groups is 1. The van der Waals surface area contributed by atoms with Crippen LogP contribution in [-0.4, -0.2) is 46.0 Å². The van der Waals surface area contributed by atoms with Gasteiger partial charge in [-0.25, -0.2) is 4.39 Å². The first-order valence-corrected chi connectivity index (χ1v) is 8.51. The maximum atomic E-state index is 13.7. The first kappa shape index (κ1) is 22.6. The second-order valence-electron chi connectivity index (χ2n) is 5.93. The monoisotopic (exact) mass is 476 g/mol. The van der Waals surface area contributed by atoms with Crippen LogP contribution in [0.3, 0.4) is 0 Å². The van der Waals surface area contributed by atoms with Gasteiger partial charge in [0.2, 0.25) is 0 Å². The second-order valence-corrected chi connectivity index (χ2v) is 5.93. The summed E-state index contributed by atoms with van der Waals surface area (Å²) >= 11 is 0. The van der Waals surface area contributed by atoms with Gasteiger partial charge in [-0.1, -0.05) is 0 Å². The number of hydrogen-bond acceptors (Lipinski definition) is 4. The Bertz CT molecular complexity index is 616. The predicted octanol–water partition coefficient (Wildman–Crippen LogP) is 2.42. The highest BCUT2D eigenvalue weighted by molar-refractivity contribution is 14.0. The van der Waals surface area contributed by atoms with E-state index in [-0.39, 0.29) is 36.3 Å². The zero-order chi connectivity index (χ0) is 17.9. The van der Waals surface area contributed by atoms with E-state index >= 15 is 0 Å². The molecule has 6 nitrogen and oxygen atoms in total. The minimum Gasteiger partial charge on any atom is -0.381 e. The molecule has 144 valence electrons. The Kier molecular flexibility index (Phi) is 11.2. The average molecular weight is 476 g/mol. The average Bonchev–Trinajstić information content (AvgIpc) is 3.15. The lowest BCUT2D eigenvalue weighted by molar-refractivity contribution is 0.0888. The largest absolute Gasteiger partial charge is 0.381 e. The van der Waals surface area contributed by atoms with Gasteiger partial charge in [-0.05, 0) is 31.0 Å². The molecule has 0 amide bonds. The summed E-state index contributed by atoms with van der Waals surface area (Å²) in [5.74, 6) is 0.777. The van der Waals surface area contributed by atoms with Crippen LogP contribution in [0.1, 0.15) is 24.0 Å². The van der Waals surface area contributed by atoms with Crippen LogP contribution in [0.5, 0.6) is 0 Å². The van der Waals surface area contributed by atoms with Crippen LogP contribution in [-0.2, 0) is 16.0 Å². The van der Waals surface area contributed by atoms with E-state index in [9.17, 15) is 4.39 Å². The molecular formula is C18H26FIN4O2. The number of halogens is 2. The number of nitriles is 1. The van der Waals surface area contributed by atoms with Crippen molar-refractivity contribution in [3.8, 4) is 6.07 Å². The van der Waals surface area contributed by atoms with Gasteiger partial charge in [0.05, 0.1) is 24.8 Å². The molecule has 8 heteroatoms. The molecule has 26 heavy (non-hydrogen) atoms. The summed E-state index contributed by atoms with van der Waals surface area (Å²) < 4.78 is 24.7. The molecule has 0 radical (unpaired) electrons. The van der Waals surface area contributed by atoms with E-state index in [1.54, 1.807) is 7.05 Å². The van der Waals surface area contributed by atoms with Gasteiger partial charge >= 0.3 is 0 Å². The van der Waals surface area contributed by atoms with Crippen LogP contribution < -0.4 is 10.6 Å². The van der Waals surface area contributed by atoms with Crippen molar-refractivity contribution in [2.24, 2.45) is 10.9 Å². The molecule has 1 aliphatic heterocycles. The van der Waals surface area contributed by atoms with Crippen molar-refractivity contribution in [3.05, 3.63) is 35.1 Å². The molecule has 1 atom stereocenters. The molecule has 0 spiro atoms. The molecule has 1 saturated heterocycles. The molecular weight excluding hydrogens is 450 g/mol. The van der Waals surface area contributed by atoms with Crippen LogP contribution in [0.2, 0.25) is 0 Å². The van der Waals surface area contributed by atoms with E-state index in [4.69, 9.17) is 14.7 Å². The Hall–Kier alpha value is -1.44. The Morgan fingerprint density at radius 3 is 3.00 bits per heavy atom. The molecule has 1 aromatic carbocycles. The molecule has 1 fully saturated rings. The standard InChI is InChI=1S/C18H25FN4O2.HI/c1-21-18(22-6-2-7-24-12-15-5-8-25-13-15)23-11-16-9-14(10-20)3-4-17(16)19;/h3-4,9,15H,2,5-8,11-13H2,1H3,(H2,21,22,23);1H. The molecule has 0 aromatic heterocycles. The van der Waals surface area contributed by atoms with Crippen LogP contribution >= 0.6 is 24.0 Å². The Morgan fingerprint density at radius 1 is 1.46 bits per heavy atom. The maximum absolute atomic E-state index is 13.7. The number of ether oxygens (including phenoxy) is 2. The minimum absolute atomic E-state index is 0. The van der Waals surface area contributed by atoms with E-state index in [0.717, 1.165) is 32.7 Å². The topological polar surface area (TPSA) is 78.7 Å². The highest BCUT2D eigenvalue weighted by Gasteiger charge is 2.15. The first-order chi connectivity index (χ1) is 12.2. The van der Waals surface area contributed by atoms with Crippen molar-refractivity contribution < 1.29 is 13.9 Å².